The van der Waals surface area contributed by atoms with Crippen molar-refractivity contribution >= 4 is 17.6 Å². The van der Waals surface area contributed by atoms with E-state index in [0.717, 1.165) is 32.6 Å². The molecule has 0 radical (unpaired) electrons. The number of likely N-dealkylation sites (tertiary alicyclic amines) is 1. The molecule has 168 valence electrons. The molecule has 0 bridgehead atoms. The van der Waals surface area contributed by atoms with Gasteiger partial charge in [0, 0.05) is 45.3 Å². The SMILES string of the molecule is C=CCON1C(=O)CC(C(=O)OC)C12CCN(Cc1ccc3c(c1)CCCN3C)CC2. The molecule has 3 heterocycles. The van der Waals surface area contributed by atoms with E-state index in [9.17, 15) is 9.59 Å². The summed E-state index contributed by atoms with van der Waals surface area (Å²) in [5, 5.41) is 1.46. The van der Waals surface area contributed by atoms with E-state index in [1.54, 1.807) is 6.08 Å². The van der Waals surface area contributed by atoms with E-state index in [-0.39, 0.29) is 24.9 Å². The number of hydrogen-bond acceptors (Lipinski definition) is 6. The van der Waals surface area contributed by atoms with E-state index in [4.69, 9.17) is 9.57 Å². The van der Waals surface area contributed by atoms with Crippen molar-refractivity contribution < 1.29 is 19.2 Å². The summed E-state index contributed by atoms with van der Waals surface area (Å²) >= 11 is 0. The maximum absolute atomic E-state index is 12.7. The average Bonchev–Trinajstić information content (AvgIpc) is 3.04. The second-order valence-corrected chi connectivity index (χ2v) is 8.92. The smallest absolute Gasteiger partial charge is 0.311 e. The molecule has 0 aromatic heterocycles. The highest BCUT2D eigenvalue weighted by molar-refractivity contribution is 5.88. The van der Waals surface area contributed by atoms with Gasteiger partial charge in [-0.05, 0) is 42.9 Å². The van der Waals surface area contributed by atoms with Gasteiger partial charge in [0.2, 0.25) is 5.91 Å². The minimum Gasteiger partial charge on any atom is -0.469 e. The summed E-state index contributed by atoms with van der Waals surface area (Å²) in [6.45, 7) is 7.51. The fourth-order valence-corrected chi connectivity index (χ4v) is 5.46. The molecular weight excluding hydrogens is 394 g/mol. The molecule has 1 amide bonds. The normalized spacial score (nSPS) is 23.2. The quantitative estimate of drug-likeness (QED) is 0.514. The standard InChI is InChI=1S/C24H33N3O4/c1-4-14-31-27-22(28)16-20(23(29)30-3)24(27)9-12-26(13-10-24)17-18-7-8-21-19(15-18)6-5-11-25(21)2/h4,7-8,15,20H,1,5-6,9-14,16-17H2,2-3H3. The third-order valence-electron chi connectivity index (χ3n) is 7.09. The van der Waals surface area contributed by atoms with Crippen LogP contribution in [0.25, 0.3) is 0 Å². The van der Waals surface area contributed by atoms with Gasteiger partial charge in [-0.3, -0.25) is 19.3 Å². The Balaban J connectivity index is 1.47. The molecule has 2 saturated heterocycles. The van der Waals surface area contributed by atoms with Crippen LogP contribution in [0.2, 0.25) is 0 Å². The number of hydrogen-bond donors (Lipinski definition) is 0. The number of benzene rings is 1. The number of fused-ring (bicyclic) bond motifs is 1. The molecule has 2 fully saturated rings. The number of methoxy groups -OCH3 is 1. The van der Waals surface area contributed by atoms with Crippen LogP contribution in [0, 0.1) is 5.92 Å². The van der Waals surface area contributed by atoms with Crippen LogP contribution in [0.15, 0.2) is 30.9 Å². The number of esters is 1. The Morgan fingerprint density at radius 3 is 2.77 bits per heavy atom. The number of rotatable bonds is 6. The molecule has 7 nitrogen and oxygen atoms in total. The Morgan fingerprint density at radius 2 is 2.06 bits per heavy atom. The molecule has 7 heteroatoms. The lowest BCUT2D eigenvalue weighted by atomic mass is 9.77. The van der Waals surface area contributed by atoms with Gasteiger partial charge < -0.3 is 9.64 Å². The monoisotopic (exact) mass is 427 g/mol. The molecule has 3 aliphatic rings. The van der Waals surface area contributed by atoms with Crippen molar-refractivity contribution in [3.05, 3.63) is 42.0 Å². The van der Waals surface area contributed by atoms with Gasteiger partial charge in [0.15, 0.2) is 0 Å². The van der Waals surface area contributed by atoms with E-state index in [0.29, 0.717) is 12.8 Å². The van der Waals surface area contributed by atoms with Crippen molar-refractivity contribution in [3.8, 4) is 0 Å². The molecular formula is C24H33N3O4. The van der Waals surface area contributed by atoms with Crippen molar-refractivity contribution in [3.63, 3.8) is 0 Å². The first kappa shape index (κ1) is 21.8. The molecule has 1 aromatic rings. The van der Waals surface area contributed by atoms with Gasteiger partial charge in [-0.1, -0.05) is 18.2 Å². The molecule has 0 aliphatic carbocycles. The number of carbonyl (C=O) groups is 2. The Bertz CT molecular complexity index is 847. The predicted octanol–water partition coefficient (Wildman–Crippen LogP) is 2.54. The lowest BCUT2D eigenvalue weighted by molar-refractivity contribution is -0.218. The highest BCUT2D eigenvalue weighted by atomic mass is 16.7. The van der Waals surface area contributed by atoms with E-state index in [2.05, 4.69) is 41.6 Å². The molecule has 4 rings (SSSR count). The zero-order chi connectivity index (χ0) is 22.0. The number of piperidine rings is 1. The maximum Gasteiger partial charge on any atom is 0.311 e. The van der Waals surface area contributed by atoms with Gasteiger partial charge in [-0.2, -0.15) is 0 Å². The Kier molecular flexibility index (Phi) is 6.34. The molecule has 1 aromatic carbocycles. The lowest BCUT2D eigenvalue weighted by Gasteiger charge is -2.45. The Morgan fingerprint density at radius 1 is 1.29 bits per heavy atom. The highest BCUT2D eigenvalue weighted by Gasteiger charge is 2.58. The maximum atomic E-state index is 12.7. The van der Waals surface area contributed by atoms with Crippen molar-refractivity contribution in [2.75, 3.05) is 45.3 Å². The van der Waals surface area contributed by atoms with Crippen LogP contribution in [0.1, 0.15) is 36.8 Å². The average molecular weight is 428 g/mol. The van der Waals surface area contributed by atoms with Gasteiger partial charge >= 0.3 is 5.97 Å². The van der Waals surface area contributed by atoms with Crippen LogP contribution < -0.4 is 4.90 Å². The molecule has 1 atom stereocenters. The van der Waals surface area contributed by atoms with E-state index < -0.39 is 11.5 Å². The molecule has 1 spiro atoms. The van der Waals surface area contributed by atoms with Gasteiger partial charge in [0.25, 0.3) is 0 Å². The third-order valence-corrected chi connectivity index (χ3v) is 7.09. The first-order chi connectivity index (χ1) is 15.0. The summed E-state index contributed by atoms with van der Waals surface area (Å²) in [7, 11) is 3.54. The van der Waals surface area contributed by atoms with Crippen LogP contribution >= 0.6 is 0 Å². The minimum absolute atomic E-state index is 0.141. The molecule has 0 N–H and O–H groups in total. The van der Waals surface area contributed by atoms with Crippen LogP contribution in [-0.4, -0.2) is 67.8 Å². The number of aryl methyl sites for hydroxylation is 1. The summed E-state index contributed by atoms with van der Waals surface area (Å²) in [5.74, 6) is -0.967. The fourth-order valence-electron chi connectivity index (χ4n) is 5.46. The second kappa shape index (κ2) is 9.01. The van der Waals surface area contributed by atoms with Crippen molar-refractivity contribution in [1.82, 2.24) is 9.96 Å². The van der Waals surface area contributed by atoms with Crippen molar-refractivity contribution in [2.45, 2.75) is 44.2 Å². The zero-order valence-corrected chi connectivity index (χ0v) is 18.6. The second-order valence-electron chi connectivity index (χ2n) is 8.92. The molecule has 1 unspecified atom stereocenters. The first-order valence-electron chi connectivity index (χ1n) is 11.2. The number of ether oxygens (including phenoxy) is 1. The number of anilines is 1. The molecule has 0 saturated carbocycles. The fraction of sp³-hybridized carbons (Fsp3) is 0.583. The summed E-state index contributed by atoms with van der Waals surface area (Å²) in [4.78, 5) is 35.6. The number of carbonyl (C=O) groups excluding carboxylic acids is 2. The third kappa shape index (κ3) is 4.08. The predicted molar refractivity (Wildman–Crippen MR) is 118 cm³/mol. The van der Waals surface area contributed by atoms with Gasteiger partial charge in [0.1, 0.15) is 0 Å². The van der Waals surface area contributed by atoms with Crippen molar-refractivity contribution in [2.24, 2.45) is 5.92 Å². The van der Waals surface area contributed by atoms with Crippen LogP contribution in [0.4, 0.5) is 5.69 Å². The summed E-state index contributed by atoms with van der Waals surface area (Å²) < 4.78 is 5.04. The lowest BCUT2D eigenvalue weighted by Crippen LogP contribution is -2.57. The zero-order valence-electron chi connectivity index (χ0n) is 18.6. The Hall–Kier alpha value is -2.38. The van der Waals surface area contributed by atoms with Crippen molar-refractivity contribution in [1.29, 1.82) is 0 Å². The van der Waals surface area contributed by atoms with Gasteiger partial charge in [0.05, 0.1) is 25.2 Å². The minimum atomic E-state index is -0.637. The number of amides is 1. The number of nitrogens with zero attached hydrogens (tertiary/aromatic N) is 3. The molecule has 31 heavy (non-hydrogen) atoms. The van der Waals surface area contributed by atoms with Crippen LogP contribution in [0.3, 0.4) is 0 Å². The van der Waals surface area contributed by atoms with Gasteiger partial charge in [-0.25, -0.2) is 5.06 Å². The van der Waals surface area contributed by atoms with E-state index >= 15 is 0 Å². The summed E-state index contributed by atoms with van der Waals surface area (Å²) in [6, 6.07) is 6.80. The van der Waals surface area contributed by atoms with E-state index in [1.807, 2.05) is 0 Å². The van der Waals surface area contributed by atoms with E-state index in [1.165, 1.54) is 35.4 Å². The Labute approximate surface area is 184 Å². The van der Waals surface area contributed by atoms with Gasteiger partial charge in [-0.15, -0.1) is 6.58 Å². The largest absolute Gasteiger partial charge is 0.469 e. The summed E-state index contributed by atoms with van der Waals surface area (Å²) in [5.41, 5.74) is 3.45. The summed E-state index contributed by atoms with van der Waals surface area (Å²) in [6.07, 6.45) is 5.46. The van der Waals surface area contributed by atoms with Crippen LogP contribution in [0.5, 0.6) is 0 Å². The highest BCUT2D eigenvalue weighted by Crippen LogP contribution is 2.44. The van der Waals surface area contributed by atoms with Crippen LogP contribution in [-0.2, 0) is 32.1 Å². The first-order valence-corrected chi connectivity index (χ1v) is 11.2. The molecule has 3 aliphatic heterocycles. The topological polar surface area (TPSA) is 62.3 Å². The number of hydroxylamine groups is 2.